The van der Waals surface area contributed by atoms with Gasteiger partial charge in [-0.1, -0.05) is 13.0 Å². The number of carbonyl (C=O) groups excluding carboxylic acids is 1. The number of benzene rings is 1. The third-order valence-corrected chi connectivity index (χ3v) is 2.86. The number of ether oxygens (including phenoxy) is 1. The zero-order chi connectivity index (χ0) is 14.1. The van der Waals surface area contributed by atoms with Crippen molar-refractivity contribution in [3.63, 3.8) is 0 Å². The number of nitrogens with zero attached hydrogens (tertiary/aromatic N) is 1. The quantitative estimate of drug-likeness (QED) is 0.750. The molecule has 1 rings (SSSR count). The molecular weight excluding hydrogens is 242 g/mol. The van der Waals surface area contributed by atoms with Crippen molar-refractivity contribution in [3.05, 3.63) is 24.3 Å². The smallest absolute Gasteiger partial charge is 0.238 e. The molecule has 0 heterocycles. The maximum atomic E-state index is 11.9. The minimum Gasteiger partial charge on any atom is -0.388 e. The number of amides is 1. The van der Waals surface area contributed by atoms with E-state index in [0.29, 0.717) is 13.2 Å². The summed E-state index contributed by atoms with van der Waals surface area (Å²) in [5.74, 6) is -0.00814. The lowest BCUT2D eigenvalue weighted by molar-refractivity contribution is -0.117. The van der Waals surface area contributed by atoms with Crippen LogP contribution in [0, 0.1) is 0 Å². The average Bonchev–Trinajstić information content (AvgIpc) is 2.43. The summed E-state index contributed by atoms with van der Waals surface area (Å²) in [6.45, 7) is 4.63. The Morgan fingerprint density at radius 2 is 2.11 bits per heavy atom. The fourth-order valence-electron chi connectivity index (χ4n) is 1.73. The first kappa shape index (κ1) is 15.5. The van der Waals surface area contributed by atoms with Crippen LogP contribution in [0.4, 0.5) is 11.4 Å². The normalized spacial score (nSPS) is 10.5. The molecule has 0 saturated carbocycles. The molecule has 0 saturated heterocycles. The van der Waals surface area contributed by atoms with Gasteiger partial charge in [-0.25, -0.2) is 0 Å². The van der Waals surface area contributed by atoms with Crippen molar-refractivity contribution in [1.29, 1.82) is 0 Å². The molecule has 0 fully saturated rings. The molecule has 0 aliphatic heterocycles. The van der Waals surface area contributed by atoms with Crippen LogP contribution in [0.25, 0.3) is 0 Å². The molecule has 1 aromatic carbocycles. The van der Waals surface area contributed by atoms with Gasteiger partial charge in [-0.3, -0.25) is 9.69 Å². The predicted octanol–water partition coefficient (Wildman–Crippen LogP) is 1.64. The Labute approximate surface area is 114 Å². The molecule has 5 nitrogen and oxygen atoms in total. The van der Waals surface area contributed by atoms with Gasteiger partial charge in [-0.05, 0) is 24.7 Å². The van der Waals surface area contributed by atoms with Gasteiger partial charge in [0, 0.05) is 32.1 Å². The molecule has 19 heavy (non-hydrogen) atoms. The Bertz CT molecular complexity index is 396. The van der Waals surface area contributed by atoms with Gasteiger partial charge in [-0.2, -0.15) is 0 Å². The molecule has 0 unspecified atom stereocenters. The highest BCUT2D eigenvalue weighted by molar-refractivity contribution is 5.92. The van der Waals surface area contributed by atoms with Crippen LogP contribution in [0.3, 0.4) is 0 Å². The van der Waals surface area contributed by atoms with Gasteiger partial charge in [-0.15, -0.1) is 0 Å². The Morgan fingerprint density at radius 3 is 2.74 bits per heavy atom. The molecule has 0 aliphatic carbocycles. The van der Waals surface area contributed by atoms with Crippen molar-refractivity contribution >= 4 is 17.3 Å². The van der Waals surface area contributed by atoms with Crippen LogP contribution in [0.5, 0.6) is 0 Å². The summed E-state index contributed by atoms with van der Waals surface area (Å²) in [7, 11) is 3.52. The number of nitrogens with one attached hydrogen (secondary N) is 2. The highest BCUT2D eigenvalue weighted by Crippen LogP contribution is 2.14. The summed E-state index contributed by atoms with van der Waals surface area (Å²) < 4.78 is 5.02. The second-order valence-electron chi connectivity index (χ2n) is 4.24. The Balaban J connectivity index is 2.49. The summed E-state index contributed by atoms with van der Waals surface area (Å²) in [4.78, 5) is 14.0. The van der Waals surface area contributed by atoms with Crippen LogP contribution in [-0.4, -0.2) is 51.2 Å². The Kier molecular flexibility index (Phi) is 6.92. The van der Waals surface area contributed by atoms with E-state index in [0.717, 1.165) is 24.5 Å². The molecule has 106 valence electrons. The number of likely N-dealkylation sites (N-methyl/N-ethyl adjacent to an activating group) is 1. The van der Waals surface area contributed by atoms with Crippen LogP contribution < -0.4 is 10.6 Å². The largest absolute Gasteiger partial charge is 0.388 e. The molecule has 0 atom stereocenters. The molecule has 1 amide bonds. The lowest BCUT2D eigenvalue weighted by Crippen LogP contribution is -2.35. The zero-order valence-electron chi connectivity index (χ0n) is 11.9. The van der Waals surface area contributed by atoms with Gasteiger partial charge in [0.1, 0.15) is 0 Å². The van der Waals surface area contributed by atoms with E-state index in [1.54, 1.807) is 7.11 Å². The molecule has 0 aromatic heterocycles. The van der Waals surface area contributed by atoms with Crippen LogP contribution in [0.2, 0.25) is 0 Å². The number of hydrogen-bond acceptors (Lipinski definition) is 4. The maximum absolute atomic E-state index is 11.9. The van der Waals surface area contributed by atoms with Crippen molar-refractivity contribution in [2.45, 2.75) is 6.92 Å². The third-order valence-electron chi connectivity index (χ3n) is 2.86. The zero-order valence-corrected chi connectivity index (χ0v) is 11.9. The van der Waals surface area contributed by atoms with Crippen molar-refractivity contribution in [2.75, 3.05) is 51.0 Å². The summed E-state index contributed by atoms with van der Waals surface area (Å²) in [5, 5.41) is 5.94. The SMILES string of the molecule is CCN(CCOC)CC(=O)Nc1cccc(NC)c1. The van der Waals surface area contributed by atoms with Gasteiger partial charge < -0.3 is 15.4 Å². The van der Waals surface area contributed by atoms with E-state index in [4.69, 9.17) is 4.74 Å². The number of rotatable bonds is 8. The fourth-order valence-corrected chi connectivity index (χ4v) is 1.73. The van der Waals surface area contributed by atoms with Crippen molar-refractivity contribution in [1.82, 2.24) is 4.90 Å². The molecule has 0 radical (unpaired) electrons. The van der Waals surface area contributed by atoms with Crippen LogP contribution in [0.1, 0.15) is 6.92 Å². The standard InChI is InChI=1S/C14H23N3O2/c1-4-17(8-9-19-3)11-14(18)16-13-7-5-6-12(10-13)15-2/h5-7,10,15H,4,8-9,11H2,1-3H3,(H,16,18). The first-order valence-electron chi connectivity index (χ1n) is 6.48. The molecule has 5 heteroatoms. The first-order chi connectivity index (χ1) is 9.19. The van der Waals surface area contributed by atoms with Crippen molar-refractivity contribution in [3.8, 4) is 0 Å². The highest BCUT2D eigenvalue weighted by atomic mass is 16.5. The summed E-state index contributed by atoms with van der Waals surface area (Å²) in [6, 6.07) is 7.64. The van der Waals surface area contributed by atoms with E-state index in [1.165, 1.54) is 0 Å². The van der Waals surface area contributed by atoms with Gasteiger partial charge in [0.25, 0.3) is 0 Å². The number of methoxy groups -OCH3 is 1. The minimum absolute atomic E-state index is 0.00814. The number of carbonyl (C=O) groups is 1. The first-order valence-corrected chi connectivity index (χ1v) is 6.48. The van der Waals surface area contributed by atoms with E-state index < -0.39 is 0 Å². The fraction of sp³-hybridized carbons (Fsp3) is 0.500. The van der Waals surface area contributed by atoms with E-state index in [1.807, 2.05) is 43.1 Å². The van der Waals surface area contributed by atoms with E-state index in [9.17, 15) is 4.79 Å². The van der Waals surface area contributed by atoms with E-state index >= 15 is 0 Å². The third kappa shape index (κ3) is 5.72. The maximum Gasteiger partial charge on any atom is 0.238 e. The van der Waals surface area contributed by atoms with Crippen molar-refractivity contribution < 1.29 is 9.53 Å². The van der Waals surface area contributed by atoms with Crippen LogP contribution >= 0.6 is 0 Å². The van der Waals surface area contributed by atoms with Gasteiger partial charge in [0.05, 0.1) is 13.2 Å². The minimum atomic E-state index is -0.00814. The second-order valence-corrected chi connectivity index (χ2v) is 4.24. The molecule has 0 spiro atoms. The highest BCUT2D eigenvalue weighted by Gasteiger charge is 2.09. The Morgan fingerprint density at radius 1 is 1.37 bits per heavy atom. The average molecular weight is 265 g/mol. The van der Waals surface area contributed by atoms with E-state index in [2.05, 4.69) is 10.6 Å². The summed E-state index contributed by atoms with van der Waals surface area (Å²) in [5.41, 5.74) is 1.78. The molecule has 1 aromatic rings. The lowest BCUT2D eigenvalue weighted by Gasteiger charge is -2.19. The summed E-state index contributed by atoms with van der Waals surface area (Å²) >= 11 is 0. The lowest BCUT2D eigenvalue weighted by atomic mass is 10.2. The predicted molar refractivity (Wildman–Crippen MR) is 78.6 cm³/mol. The van der Waals surface area contributed by atoms with Crippen molar-refractivity contribution in [2.24, 2.45) is 0 Å². The monoisotopic (exact) mass is 265 g/mol. The van der Waals surface area contributed by atoms with Crippen LogP contribution in [0.15, 0.2) is 24.3 Å². The number of hydrogen-bond donors (Lipinski definition) is 2. The summed E-state index contributed by atoms with van der Waals surface area (Å²) in [6.07, 6.45) is 0. The van der Waals surface area contributed by atoms with Gasteiger partial charge in [0.2, 0.25) is 5.91 Å². The topological polar surface area (TPSA) is 53.6 Å². The number of anilines is 2. The van der Waals surface area contributed by atoms with Crippen LogP contribution in [-0.2, 0) is 9.53 Å². The Hall–Kier alpha value is -1.59. The van der Waals surface area contributed by atoms with Gasteiger partial charge >= 0.3 is 0 Å². The molecule has 0 aliphatic rings. The molecular formula is C14H23N3O2. The molecule has 0 bridgehead atoms. The van der Waals surface area contributed by atoms with E-state index in [-0.39, 0.29) is 5.91 Å². The van der Waals surface area contributed by atoms with Gasteiger partial charge in [0.15, 0.2) is 0 Å². The second kappa shape index (κ2) is 8.50. The molecule has 2 N–H and O–H groups in total.